The highest BCUT2D eigenvalue weighted by Gasteiger charge is 2.05. The molecular formula is C7H7BrN2O2. The molecule has 5 heteroatoms. The summed E-state index contributed by atoms with van der Waals surface area (Å²) in [5, 5.41) is 0. The average molecular weight is 231 g/mol. The van der Waals surface area contributed by atoms with Crippen LogP contribution < -0.4 is 10.5 Å². The molecule has 4 nitrogen and oxygen atoms in total. The van der Waals surface area contributed by atoms with Crippen LogP contribution in [0.1, 0.15) is 6.92 Å². The molecule has 0 aliphatic carbocycles. The normalized spacial score (nSPS) is 9.50. The molecule has 12 heavy (non-hydrogen) atoms. The molecule has 0 saturated carbocycles. The summed E-state index contributed by atoms with van der Waals surface area (Å²) < 4.78 is 5.35. The second-order valence-corrected chi connectivity index (χ2v) is 2.97. The maximum Gasteiger partial charge on any atom is 0.309 e. The number of carbonyl (C=O) groups excluding carboxylic acids is 1. The first-order valence-electron chi connectivity index (χ1n) is 3.20. The van der Waals surface area contributed by atoms with E-state index in [0.717, 1.165) is 0 Å². The quantitative estimate of drug-likeness (QED) is 0.741. The summed E-state index contributed by atoms with van der Waals surface area (Å²) in [6.45, 7) is 1.30. The summed E-state index contributed by atoms with van der Waals surface area (Å²) >= 11 is 3.16. The van der Waals surface area contributed by atoms with Gasteiger partial charge >= 0.3 is 5.97 Å². The van der Waals surface area contributed by atoms with Crippen LogP contribution in [0.5, 0.6) is 5.88 Å². The largest absolute Gasteiger partial charge is 0.406 e. The first kappa shape index (κ1) is 8.99. The van der Waals surface area contributed by atoms with Crippen LogP contribution in [0, 0.1) is 0 Å². The van der Waals surface area contributed by atoms with Gasteiger partial charge in [0.15, 0.2) is 0 Å². The molecule has 1 rings (SSSR count). The van der Waals surface area contributed by atoms with E-state index in [9.17, 15) is 4.79 Å². The number of nitrogen functional groups attached to an aromatic ring is 1. The van der Waals surface area contributed by atoms with E-state index in [2.05, 4.69) is 20.9 Å². The highest BCUT2D eigenvalue weighted by molar-refractivity contribution is 9.10. The third kappa shape index (κ3) is 2.20. The molecule has 0 spiro atoms. The van der Waals surface area contributed by atoms with Crippen molar-refractivity contribution in [2.45, 2.75) is 6.92 Å². The van der Waals surface area contributed by atoms with Gasteiger partial charge in [0.25, 0.3) is 0 Å². The molecule has 0 aliphatic heterocycles. The lowest BCUT2D eigenvalue weighted by Crippen LogP contribution is -2.04. The fraction of sp³-hybridized carbons (Fsp3) is 0.143. The van der Waals surface area contributed by atoms with E-state index in [4.69, 9.17) is 10.5 Å². The number of anilines is 1. The molecule has 0 aromatic carbocycles. The summed E-state index contributed by atoms with van der Waals surface area (Å²) in [4.78, 5) is 14.4. The fourth-order valence-electron chi connectivity index (χ4n) is 0.645. The van der Waals surface area contributed by atoms with E-state index in [1.54, 1.807) is 12.1 Å². The molecular weight excluding hydrogens is 224 g/mol. The monoisotopic (exact) mass is 230 g/mol. The van der Waals surface area contributed by atoms with Gasteiger partial charge in [0.1, 0.15) is 5.82 Å². The van der Waals surface area contributed by atoms with E-state index in [-0.39, 0.29) is 5.88 Å². The lowest BCUT2D eigenvalue weighted by molar-refractivity contribution is -0.132. The van der Waals surface area contributed by atoms with Gasteiger partial charge in [0.2, 0.25) is 5.88 Å². The van der Waals surface area contributed by atoms with E-state index in [0.29, 0.717) is 10.3 Å². The lowest BCUT2D eigenvalue weighted by atomic mass is 10.4. The minimum atomic E-state index is -0.422. The van der Waals surface area contributed by atoms with Crippen LogP contribution in [-0.4, -0.2) is 11.0 Å². The van der Waals surface area contributed by atoms with Crippen molar-refractivity contribution in [1.29, 1.82) is 0 Å². The second-order valence-electron chi connectivity index (χ2n) is 2.12. The molecule has 1 aromatic rings. The Labute approximate surface area is 77.9 Å². The molecule has 0 bridgehead atoms. The zero-order chi connectivity index (χ0) is 9.14. The first-order valence-corrected chi connectivity index (χ1v) is 3.99. The molecule has 0 radical (unpaired) electrons. The number of nitrogens with zero attached hydrogens (tertiary/aromatic N) is 1. The number of esters is 1. The number of halogens is 1. The Hall–Kier alpha value is -1.10. The summed E-state index contributed by atoms with van der Waals surface area (Å²) in [6.07, 6.45) is 0. The zero-order valence-electron chi connectivity index (χ0n) is 6.37. The van der Waals surface area contributed by atoms with Crippen LogP contribution in [-0.2, 0) is 4.79 Å². The van der Waals surface area contributed by atoms with Crippen molar-refractivity contribution in [2.75, 3.05) is 5.73 Å². The van der Waals surface area contributed by atoms with Crippen molar-refractivity contribution in [1.82, 2.24) is 4.98 Å². The van der Waals surface area contributed by atoms with Crippen LogP contribution >= 0.6 is 15.9 Å². The SMILES string of the molecule is CC(=O)Oc1nc(N)ccc1Br. The Bertz CT molecular complexity index is 314. The molecule has 2 N–H and O–H groups in total. The summed E-state index contributed by atoms with van der Waals surface area (Å²) in [7, 11) is 0. The molecule has 64 valence electrons. The molecule has 1 heterocycles. The molecule has 0 amide bonds. The van der Waals surface area contributed by atoms with Gasteiger partial charge in [-0.2, -0.15) is 4.98 Å². The van der Waals surface area contributed by atoms with Gasteiger partial charge in [-0.1, -0.05) is 0 Å². The maximum atomic E-state index is 10.6. The van der Waals surface area contributed by atoms with E-state index in [1.807, 2.05) is 0 Å². The highest BCUT2D eigenvalue weighted by atomic mass is 79.9. The van der Waals surface area contributed by atoms with Crippen molar-refractivity contribution >= 4 is 27.7 Å². The van der Waals surface area contributed by atoms with Gasteiger partial charge < -0.3 is 10.5 Å². The Morgan fingerprint density at radius 3 is 2.92 bits per heavy atom. The Morgan fingerprint density at radius 1 is 1.67 bits per heavy atom. The van der Waals surface area contributed by atoms with E-state index in [1.165, 1.54) is 6.92 Å². The van der Waals surface area contributed by atoms with Crippen molar-refractivity contribution < 1.29 is 9.53 Å². The number of rotatable bonds is 1. The van der Waals surface area contributed by atoms with E-state index < -0.39 is 5.97 Å². The topological polar surface area (TPSA) is 65.2 Å². The third-order valence-electron chi connectivity index (χ3n) is 1.08. The number of pyridine rings is 1. The van der Waals surface area contributed by atoms with Gasteiger partial charge in [-0.3, -0.25) is 4.79 Å². The van der Waals surface area contributed by atoms with Crippen molar-refractivity contribution in [3.05, 3.63) is 16.6 Å². The number of ether oxygens (including phenoxy) is 1. The Morgan fingerprint density at radius 2 is 2.33 bits per heavy atom. The third-order valence-corrected chi connectivity index (χ3v) is 1.68. The smallest absolute Gasteiger partial charge is 0.309 e. The Kier molecular flexibility index (Phi) is 2.65. The summed E-state index contributed by atoms with van der Waals surface area (Å²) in [5.74, 6) is 0.0887. The van der Waals surface area contributed by atoms with Gasteiger partial charge in [-0.05, 0) is 28.1 Å². The summed E-state index contributed by atoms with van der Waals surface area (Å²) in [5.41, 5.74) is 5.38. The number of aromatic nitrogens is 1. The highest BCUT2D eigenvalue weighted by Crippen LogP contribution is 2.23. The van der Waals surface area contributed by atoms with Gasteiger partial charge in [-0.15, -0.1) is 0 Å². The molecule has 0 fully saturated rings. The summed E-state index contributed by atoms with van der Waals surface area (Å²) in [6, 6.07) is 3.28. The number of carbonyl (C=O) groups is 1. The number of hydrogen-bond acceptors (Lipinski definition) is 4. The van der Waals surface area contributed by atoms with E-state index >= 15 is 0 Å². The van der Waals surface area contributed by atoms with Gasteiger partial charge in [-0.25, -0.2) is 0 Å². The van der Waals surface area contributed by atoms with Crippen LogP contribution in [0.3, 0.4) is 0 Å². The molecule has 0 saturated heterocycles. The standard InChI is InChI=1S/C7H7BrN2O2/c1-4(11)12-7-5(8)2-3-6(9)10-7/h2-3H,1H3,(H2,9,10). The number of hydrogen-bond donors (Lipinski definition) is 1. The predicted octanol–water partition coefficient (Wildman–Crippen LogP) is 1.35. The maximum absolute atomic E-state index is 10.6. The molecule has 0 unspecified atom stereocenters. The minimum Gasteiger partial charge on any atom is -0.406 e. The van der Waals surface area contributed by atoms with Crippen LogP contribution in [0.15, 0.2) is 16.6 Å². The van der Waals surface area contributed by atoms with Crippen LogP contribution in [0.25, 0.3) is 0 Å². The minimum absolute atomic E-state index is 0.197. The zero-order valence-corrected chi connectivity index (χ0v) is 7.96. The predicted molar refractivity (Wildman–Crippen MR) is 47.7 cm³/mol. The first-order chi connectivity index (χ1) is 5.59. The molecule has 0 atom stereocenters. The lowest BCUT2D eigenvalue weighted by Gasteiger charge is -2.02. The van der Waals surface area contributed by atoms with Gasteiger partial charge in [0.05, 0.1) is 4.47 Å². The van der Waals surface area contributed by atoms with Crippen LogP contribution in [0.4, 0.5) is 5.82 Å². The average Bonchev–Trinajstić information content (AvgIpc) is 1.96. The van der Waals surface area contributed by atoms with Crippen molar-refractivity contribution in [3.63, 3.8) is 0 Å². The molecule has 1 aromatic heterocycles. The fourth-order valence-corrected chi connectivity index (χ4v) is 0.947. The van der Waals surface area contributed by atoms with Crippen molar-refractivity contribution in [2.24, 2.45) is 0 Å². The van der Waals surface area contributed by atoms with Gasteiger partial charge in [0, 0.05) is 6.92 Å². The van der Waals surface area contributed by atoms with Crippen molar-refractivity contribution in [3.8, 4) is 5.88 Å². The number of nitrogens with two attached hydrogens (primary N) is 1. The Balaban J connectivity index is 2.97. The second kappa shape index (κ2) is 3.53. The molecule has 0 aliphatic rings. The van der Waals surface area contributed by atoms with Crippen LogP contribution in [0.2, 0.25) is 0 Å².